The van der Waals surface area contributed by atoms with E-state index in [0.29, 0.717) is 11.3 Å². The van der Waals surface area contributed by atoms with Gasteiger partial charge in [-0.1, -0.05) is 0 Å². The van der Waals surface area contributed by atoms with E-state index in [1.165, 1.54) is 12.8 Å². The summed E-state index contributed by atoms with van der Waals surface area (Å²) in [5, 5.41) is 12.1. The van der Waals surface area contributed by atoms with Gasteiger partial charge in [-0.3, -0.25) is 0 Å². The van der Waals surface area contributed by atoms with Gasteiger partial charge in [-0.15, -0.1) is 0 Å². The van der Waals surface area contributed by atoms with E-state index in [0.717, 1.165) is 24.8 Å². The van der Waals surface area contributed by atoms with Gasteiger partial charge in [-0.2, -0.15) is 5.26 Å². The minimum atomic E-state index is 0.533. The van der Waals surface area contributed by atoms with Crippen molar-refractivity contribution in [2.24, 2.45) is 0 Å². The first-order valence-electron chi connectivity index (χ1n) is 5.94. The molecule has 4 heteroatoms. The van der Waals surface area contributed by atoms with Crippen LogP contribution in [-0.4, -0.2) is 31.1 Å². The number of rotatable bonds is 5. The van der Waals surface area contributed by atoms with E-state index in [1.54, 1.807) is 6.07 Å². The van der Waals surface area contributed by atoms with Gasteiger partial charge in [0, 0.05) is 24.8 Å². The van der Waals surface area contributed by atoms with Crippen LogP contribution in [0.3, 0.4) is 0 Å². The maximum absolute atomic E-state index is 8.77. The summed E-state index contributed by atoms with van der Waals surface area (Å²) in [5.74, 6) is 0. The fourth-order valence-electron chi connectivity index (χ4n) is 1.85. The molecular formula is C13H18N4. The molecule has 1 aliphatic carbocycles. The molecule has 0 radical (unpaired) electrons. The highest BCUT2D eigenvalue weighted by molar-refractivity contribution is 5.62. The third kappa shape index (κ3) is 3.11. The molecule has 0 spiro atoms. The topological polar surface area (TPSA) is 65.1 Å². The number of anilines is 2. The molecule has 0 atom stereocenters. The number of nitrogen functional groups attached to an aromatic ring is 1. The van der Waals surface area contributed by atoms with Crippen molar-refractivity contribution < 1.29 is 0 Å². The van der Waals surface area contributed by atoms with E-state index in [4.69, 9.17) is 11.0 Å². The lowest BCUT2D eigenvalue weighted by molar-refractivity contribution is 0.337. The number of likely N-dealkylation sites (N-methyl/N-ethyl adjacent to an activating group) is 1. The first kappa shape index (κ1) is 11.7. The maximum atomic E-state index is 8.77. The maximum Gasteiger partial charge on any atom is 0.101 e. The fraction of sp³-hybridized carbons (Fsp3) is 0.462. The van der Waals surface area contributed by atoms with Gasteiger partial charge < -0.3 is 16.0 Å². The average Bonchev–Trinajstić information content (AvgIpc) is 3.13. The number of nitriles is 1. The van der Waals surface area contributed by atoms with E-state index in [9.17, 15) is 0 Å². The SMILES string of the molecule is CN(CCNc1ccc(C#N)c(N)c1)C1CC1. The summed E-state index contributed by atoms with van der Waals surface area (Å²) in [7, 11) is 2.16. The Morgan fingerprint density at radius 3 is 2.88 bits per heavy atom. The fourth-order valence-corrected chi connectivity index (χ4v) is 1.85. The molecule has 4 nitrogen and oxygen atoms in total. The van der Waals surface area contributed by atoms with Crippen LogP contribution in [0.2, 0.25) is 0 Å². The molecule has 0 aliphatic heterocycles. The lowest BCUT2D eigenvalue weighted by Gasteiger charge is -2.16. The summed E-state index contributed by atoms with van der Waals surface area (Å²) >= 11 is 0. The monoisotopic (exact) mass is 230 g/mol. The number of nitrogens with zero attached hydrogens (tertiary/aromatic N) is 2. The Hall–Kier alpha value is -1.73. The number of hydrogen-bond acceptors (Lipinski definition) is 4. The third-order valence-electron chi connectivity index (χ3n) is 3.14. The van der Waals surface area contributed by atoms with Gasteiger partial charge in [-0.25, -0.2) is 0 Å². The van der Waals surface area contributed by atoms with Gasteiger partial charge in [0.2, 0.25) is 0 Å². The van der Waals surface area contributed by atoms with Gasteiger partial charge in [-0.05, 0) is 38.1 Å². The van der Waals surface area contributed by atoms with Crippen molar-refractivity contribution in [1.82, 2.24) is 4.90 Å². The highest BCUT2D eigenvalue weighted by Gasteiger charge is 2.25. The van der Waals surface area contributed by atoms with Crippen LogP contribution in [-0.2, 0) is 0 Å². The van der Waals surface area contributed by atoms with E-state index in [-0.39, 0.29) is 0 Å². The zero-order valence-electron chi connectivity index (χ0n) is 10.1. The van der Waals surface area contributed by atoms with Crippen molar-refractivity contribution in [2.75, 3.05) is 31.2 Å². The number of benzene rings is 1. The molecule has 1 aromatic carbocycles. The zero-order chi connectivity index (χ0) is 12.3. The van der Waals surface area contributed by atoms with E-state index in [1.807, 2.05) is 12.1 Å². The van der Waals surface area contributed by atoms with Crippen molar-refractivity contribution in [3.8, 4) is 6.07 Å². The van der Waals surface area contributed by atoms with Gasteiger partial charge in [0.15, 0.2) is 0 Å². The average molecular weight is 230 g/mol. The lowest BCUT2D eigenvalue weighted by atomic mass is 10.2. The molecule has 0 aromatic heterocycles. The Morgan fingerprint density at radius 1 is 1.53 bits per heavy atom. The predicted octanol–water partition coefficient (Wildman–Crippen LogP) is 1.65. The normalized spacial score (nSPS) is 14.6. The number of hydrogen-bond donors (Lipinski definition) is 2. The van der Waals surface area contributed by atoms with E-state index >= 15 is 0 Å². The van der Waals surface area contributed by atoms with E-state index in [2.05, 4.69) is 23.3 Å². The molecular weight excluding hydrogens is 212 g/mol. The van der Waals surface area contributed by atoms with Crippen LogP contribution >= 0.6 is 0 Å². The Morgan fingerprint density at radius 2 is 2.29 bits per heavy atom. The smallest absolute Gasteiger partial charge is 0.101 e. The second kappa shape index (κ2) is 5.07. The molecule has 1 saturated carbocycles. The second-order valence-electron chi connectivity index (χ2n) is 4.55. The molecule has 1 aromatic rings. The van der Waals surface area contributed by atoms with Crippen LogP contribution in [0.4, 0.5) is 11.4 Å². The van der Waals surface area contributed by atoms with Crippen LogP contribution in [0.25, 0.3) is 0 Å². The molecule has 90 valence electrons. The summed E-state index contributed by atoms with van der Waals surface area (Å²) in [4.78, 5) is 2.38. The van der Waals surface area contributed by atoms with Crippen LogP contribution in [0, 0.1) is 11.3 Å². The molecule has 0 saturated heterocycles. The van der Waals surface area contributed by atoms with Gasteiger partial charge in [0.1, 0.15) is 6.07 Å². The highest BCUT2D eigenvalue weighted by atomic mass is 15.2. The summed E-state index contributed by atoms with van der Waals surface area (Å²) in [6, 6.07) is 8.32. The first-order chi connectivity index (χ1) is 8.20. The van der Waals surface area contributed by atoms with Crippen LogP contribution in [0.15, 0.2) is 18.2 Å². The second-order valence-corrected chi connectivity index (χ2v) is 4.55. The molecule has 0 unspecified atom stereocenters. The third-order valence-corrected chi connectivity index (χ3v) is 3.14. The minimum Gasteiger partial charge on any atom is -0.398 e. The molecule has 2 rings (SSSR count). The van der Waals surface area contributed by atoms with Crippen molar-refractivity contribution in [3.63, 3.8) is 0 Å². The number of nitrogens with one attached hydrogen (secondary N) is 1. The standard InChI is InChI=1S/C13H18N4/c1-17(12-4-5-12)7-6-16-11-3-2-10(9-14)13(15)8-11/h2-3,8,12,16H,4-7,15H2,1H3. The first-order valence-corrected chi connectivity index (χ1v) is 5.94. The van der Waals surface area contributed by atoms with Crippen molar-refractivity contribution >= 4 is 11.4 Å². The summed E-state index contributed by atoms with van der Waals surface area (Å²) < 4.78 is 0. The molecule has 0 bridgehead atoms. The number of nitrogens with two attached hydrogens (primary N) is 1. The van der Waals surface area contributed by atoms with Crippen LogP contribution < -0.4 is 11.1 Å². The molecule has 0 amide bonds. The molecule has 1 aliphatic rings. The molecule has 0 heterocycles. The minimum absolute atomic E-state index is 0.533. The zero-order valence-corrected chi connectivity index (χ0v) is 10.1. The summed E-state index contributed by atoms with van der Waals surface area (Å²) in [6.07, 6.45) is 2.67. The van der Waals surface area contributed by atoms with Gasteiger partial charge >= 0.3 is 0 Å². The summed E-state index contributed by atoms with van der Waals surface area (Å²) in [5.41, 5.74) is 7.79. The van der Waals surface area contributed by atoms with Crippen molar-refractivity contribution in [2.45, 2.75) is 18.9 Å². The van der Waals surface area contributed by atoms with Crippen molar-refractivity contribution in [3.05, 3.63) is 23.8 Å². The van der Waals surface area contributed by atoms with Crippen molar-refractivity contribution in [1.29, 1.82) is 5.26 Å². The van der Waals surface area contributed by atoms with E-state index < -0.39 is 0 Å². The molecule has 3 N–H and O–H groups in total. The van der Waals surface area contributed by atoms with Gasteiger partial charge in [0.25, 0.3) is 0 Å². The van der Waals surface area contributed by atoms with Crippen LogP contribution in [0.5, 0.6) is 0 Å². The Labute approximate surface area is 102 Å². The molecule has 1 fully saturated rings. The van der Waals surface area contributed by atoms with Crippen LogP contribution in [0.1, 0.15) is 18.4 Å². The Bertz CT molecular complexity index is 432. The quantitative estimate of drug-likeness (QED) is 0.755. The highest BCUT2D eigenvalue weighted by Crippen LogP contribution is 2.24. The van der Waals surface area contributed by atoms with Gasteiger partial charge in [0.05, 0.1) is 11.3 Å². The summed E-state index contributed by atoms with van der Waals surface area (Å²) in [6.45, 7) is 1.93. The lowest BCUT2D eigenvalue weighted by Crippen LogP contribution is -2.27. The predicted molar refractivity (Wildman–Crippen MR) is 69.7 cm³/mol. The molecule has 17 heavy (non-hydrogen) atoms. The largest absolute Gasteiger partial charge is 0.398 e. The Kier molecular flexibility index (Phi) is 3.50. The Balaban J connectivity index is 1.82.